The number of nitrogens with one attached hydrogen (secondary N) is 1. The molecule has 5 nitrogen and oxygen atoms in total. The van der Waals surface area contributed by atoms with Crippen LogP contribution in [0.4, 0.5) is 11.4 Å². The summed E-state index contributed by atoms with van der Waals surface area (Å²) >= 11 is 3.26. The quantitative estimate of drug-likeness (QED) is 0.645. The maximum Gasteiger partial charge on any atom is 0.292 e. The topological polar surface area (TPSA) is 72.2 Å². The minimum atomic E-state index is -0.867. The maximum absolute atomic E-state index is 11.2. The minimum Gasteiger partial charge on any atom is -0.379 e. The summed E-state index contributed by atoms with van der Waals surface area (Å²) in [6, 6.07) is 4.70. The van der Waals surface area contributed by atoms with Gasteiger partial charge in [-0.2, -0.15) is 0 Å². The second-order valence-electron chi connectivity index (χ2n) is 3.28. The van der Waals surface area contributed by atoms with Gasteiger partial charge in [0, 0.05) is 39.4 Å². The third kappa shape index (κ3) is 4.43. The zero-order valence-corrected chi connectivity index (χ0v) is 11.7. The summed E-state index contributed by atoms with van der Waals surface area (Å²) in [4.78, 5) is 10.3. The monoisotopic (exact) mass is 320 g/mol. The molecule has 1 N–H and O–H groups in total. The predicted molar refractivity (Wildman–Crippen MR) is 72.8 cm³/mol. The van der Waals surface area contributed by atoms with E-state index >= 15 is 0 Å². The lowest BCUT2D eigenvalue weighted by Crippen LogP contribution is -2.12. The number of hydrogen-bond acceptors (Lipinski definition) is 4. The van der Waals surface area contributed by atoms with E-state index in [0.717, 1.165) is 4.47 Å². The molecule has 0 aromatic heterocycles. The van der Waals surface area contributed by atoms with E-state index in [1.165, 1.54) is 6.07 Å². The molecule has 94 valence electrons. The second-order valence-corrected chi connectivity index (χ2v) is 6.06. The maximum atomic E-state index is 11.2. The standard InChI is InChI=1S/C10H13BrN2O3S/c1-2-17(16)6-5-12-9-7-8(11)3-4-10(9)13(14)15/h3-4,7,12H,2,5-6H2,1H3. The van der Waals surface area contributed by atoms with Crippen LogP contribution in [0.2, 0.25) is 0 Å². The first-order chi connectivity index (χ1) is 8.04. The molecule has 1 aromatic rings. The smallest absolute Gasteiger partial charge is 0.292 e. The van der Waals surface area contributed by atoms with Gasteiger partial charge in [0.2, 0.25) is 0 Å². The van der Waals surface area contributed by atoms with Crippen LogP contribution in [0.15, 0.2) is 22.7 Å². The van der Waals surface area contributed by atoms with Crippen LogP contribution in [0.1, 0.15) is 6.92 Å². The molecule has 7 heteroatoms. The van der Waals surface area contributed by atoms with E-state index in [1.807, 2.05) is 6.92 Å². The zero-order valence-electron chi connectivity index (χ0n) is 9.31. The summed E-state index contributed by atoms with van der Waals surface area (Å²) in [5.74, 6) is 1.09. The molecule has 1 aromatic carbocycles. The van der Waals surface area contributed by atoms with Crippen LogP contribution < -0.4 is 5.32 Å². The number of rotatable bonds is 6. The summed E-state index contributed by atoms with van der Waals surface area (Å²) in [5, 5.41) is 13.7. The normalized spacial score (nSPS) is 12.1. The van der Waals surface area contributed by atoms with Crippen molar-refractivity contribution < 1.29 is 9.13 Å². The molecule has 1 unspecified atom stereocenters. The van der Waals surface area contributed by atoms with Gasteiger partial charge in [0.05, 0.1) is 4.92 Å². The minimum absolute atomic E-state index is 0.0236. The molecule has 0 fully saturated rings. The number of nitro benzene ring substituents is 1. The van der Waals surface area contributed by atoms with Crippen molar-refractivity contribution in [3.63, 3.8) is 0 Å². The number of halogens is 1. The summed E-state index contributed by atoms with van der Waals surface area (Å²) in [5.41, 5.74) is 0.466. The molecular weight excluding hydrogens is 308 g/mol. The van der Waals surface area contributed by atoms with Crippen LogP contribution in [0.25, 0.3) is 0 Å². The predicted octanol–water partition coefficient (Wildman–Crippen LogP) is 2.54. The van der Waals surface area contributed by atoms with E-state index in [0.29, 0.717) is 23.7 Å². The summed E-state index contributed by atoms with van der Waals surface area (Å²) in [6.45, 7) is 2.30. The Morgan fingerprint density at radius 1 is 1.53 bits per heavy atom. The van der Waals surface area contributed by atoms with Gasteiger partial charge in [0.25, 0.3) is 5.69 Å². The summed E-state index contributed by atoms with van der Waals surface area (Å²) < 4.78 is 12.0. The number of nitro groups is 1. The van der Waals surface area contributed by atoms with Gasteiger partial charge in [-0.15, -0.1) is 0 Å². The SMILES string of the molecule is CCS(=O)CCNc1cc(Br)ccc1[N+](=O)[O-]. The number of anilines is 1. The van der Waals surface area contributed by atoms with Crippen molar-refractivity contribution >= 4 is 38.1 Å². The molecule has 0 aliphatic rings. The molecule has 0 amide bonds. The van der Waals surface area contributed by atoms with Crippen LogP contribution in [-0.2, 0) is 10.8 Å². The van der Waals surface area contributed by atoms with Gasteiger partial charge in [-0.1, -0.05) is 22.9 Å². The first-order valence-corrected chi connectivity index (χ1v) is 7.35. The number of nitrogens with zero attached hydrogens (tertiary/aromatic N) is 1. The first-order valence-electron chi connectivity index (χ1n) is 5.07. The Morgan fingerprint density at radius 3 is 2.82 bits per heavy atom. The van der Waals surface area contributed by atoms with Gasteiger partial charge in [0.15, 0.2) is 0 Å². The zero-order chi connectivity index (χ0) is 12.8. The largest absolute Gasteiger partial charge is 0.379 e. The molecule has 0 spiro atoms. The van der Waals surface area contributed by atoms with Gasteiger partial charge < -0.3 is 5.32 Å². The van der Waals surface area contributed by atoms with Gasteiger partial charge in [0.1, 0.15) is 5.69 Å². The van der Waals surface area contributed by atoms with Crippen molar-refractivity contribution in [1.82, 2.24) is 0 Å². The lowest BCUT2D eigenvalue weighted by Gasteiger charge is -2.06. The highest BCUT2D eigenvalue weighted by Crippen LogP contribution is 2.27. The van der Waals surface area contributed by atoms with E-state index in [2.05, 4.69) is 21.2 Å². The molecule has 0 aliphatic carbocycles. The van der Waals surface area contributed by atoms with Crippen LogP contribution in [-0.4, -0.2) is 27.2 Å². The van der Waals surface area contributed by atoms with Crippen LogP contribution in [0.5, 0.6) is 0 Å². The molecule has 0 bridgehead atoms. The third-order valence-corrected chi connectivity index (χ3v) is 3.92. The van der Waals surface area contributed by atoms with Crippen molar-refractivity contribution in [3.8, 4) is 0 Å². The molecule has 17 heavy (non-hydrogen) atoms. The van der Waals surface area contributed by atoms with E-state index in [1.54, 1.807) is 12.1 Å². The fourth-order valence-electron chi connectivity index (χ4n) is 1.25. The molecule has 0 radical (unpaired) electrons. The Balaban J connectivity index is 2.72. The summed E-state index contributed by atoms with van der Waals surface area (Å²) in [6.07, 6.45) is 0. The molecule has 1 atom stereocenters. The number of hydrogen-bond donors (Lipinski definition) is 1. The van der Waals surface area contributed by atoms with Crippen molar-refractivity contribution in [2.24, 2.45) is 0 Å². The lowest BCUT2D eigenvalue weighted by molar-refractivity contribution is -0.384. The molecule has 0 aliphatic heterocycles. The highest BCUT2D eigenvalue weighted by molar-refractivity contribution is 9.10. The van der Waals surface area contributed by atoms with Gasteiger partial charge in [-0.05, 0) is 12.1 Å². The van der Waals surface area contributed by atoms with E-state index in [-0.39, 0.29) is 5.69 Å². The average Bonchev–Trinajstić information content (AvgIpc) is 2.28. The highest BCUT2D eigenvalue weighted by Gasteiger charge is 2.13. The average molecular weight is 321 g/mol. The fraction of sp³-hybridized carbons (Fsp3) is 0.400. The molecular formula is C10H13BrN2O3S. The van der Waals surface area contributed by atoms with Crippen LogP contribution in [0.3, 0.4) is 0 Å². The number of benzene rings is 1. The van der Waals surface area contributed by atoms with Crippen LogP contribution >= 0.6 is 15.9 Å². The Hall–Kier alpha value is -0.950. The van der Waals surface area contributed by atoms with Crippen molar-refractivity contribution in [3.05, 3.63) is 32.8 Å². The van der Waals surface area contributed by atoms with Gasteiger partial charge in [-0.3, -0.25) is 14.3 Å². The van der Waals surface area contributed by atoms with Crippen molar-refractivity contribution in [1.29, 1.82) is 0 Å². The second kappa shape index (κ2) is 6.70. The Morgan fingerprint density at radius 2 is 2.24 bits per heavy atom. The Labute approximate surface area is 110 Å². The molecule has 1 rings (SSSR count). The Kier molecular flexibility index (Phi) is 5.57. The fourth-order valence-corrected chi connectivity index (χ4v) is 2.23. The van der Waals surface area contributed by atoms with E-state index < -0.39 is 15.7 Å². The summed E-state index contributed by atoms with van der Waals surface area (Å²) in [7, 11) is -0.867. The third-order valence-electron chi connectivity index (χ3n) is 2.12. The molecule has 0 saturated heterocycles. The van der Waals surface area contributed by atoms with Crippen LogP contribution in [0, 0.1) is 10.1 Å². The molecule has 0 heterocycles. The molecule has 0 saturated carbocycles. The lowest BCUT2D eigenvalue weighted by atomic mass is 10.2. The van der Waals surface area contributed by atoms with E-state index in [9.17, 15) is 14.3 Å². The van der Waals surface area contributed by atoms with E-state index in [4.69, 9.17) is 0 Å². The highest BCUT2D eigenvalue weighted by atomic mass is 79.9. The van der Waals surface area contributed by atoms with Gasteiger partial charge >= 0.3 is 0 Å². The van der Waals surface area contributed by atoms with Gasteiger partial charge in [-0.25, -0.2) is 0 Å². The first kappa shape index (κ1) is 14.1. The van der Waals surface area contributed by atoms with Crippen molar-refractivity contribution in [2.75, 3.05) is 23.4 Å². The Bertz CT molecular complexity index is 440. The van der Waals surface area contributed by atoms with Crippen molar-refractivity contribution in [2.45, 2.75) is 6.92 Å².